The summed E-state index contributed by atoms with van der Waals surface area (Å²) < 4.78 is 5.36. The van der Waals surface area contributed by atoms with Crippen molar-refractivity contribution >= 4 is 0 Å². The summed E-state index contributed by atoms with van der Waals surface area (Å²) in [6.07, 6.45) is 2.43. The number of rotatable bonds is 2. The Bertz CT molecular complexity index is 332. The predicted molar refractivity (Wildman–Crippen MR) is 60.4 cm³/mol. The zero-order valence-corrected chi connectivity index (χ0v) is 9.42. The maximum absolute atomic E-state index is 5.36. The van der Waals surface area contributed by atoms with Gasteiger partial charge in [-0.25, -0.2) is 0 Å². The highest BCUT2D eigenvalue weighted by molar-refractivity contribution is 5.32. The van der Waals surface area contributed by atoms with Gasteiger partial charge in [-0.05, 0) is 38.4 Å². The van der Waals surface area contributed by atoms with Gasteiger partial charge in [-0.3, -0.25) is 4.98 Å². The summed E-state index contributed by atoms with van der Waals surface area (Å²) in [6, 6.07) is 4.02. The minimum Gasteiger partial charge on any atom is -0.495 e. The molecule has 1 fully saturated rings. The fraction of sp³-hybridized carbons (Fsp3) is 0.583. The summed E-state index contributed by atoms with van der Waals surface area (Å²) in [7, 11) is 1.71. The number of hydrogen-bond donors (Lipinski definition) is 1. The molecular formula is C12H18N2O. The van der Waals surface area contributed by atoms with Gasteiger partial charge in [0.1, 0.15) is 5.75 Å². The van der Waals surface area contributed by atoms with E-state index in [-0.39, 0.29) is 0 Å². The second-order valence-electron chi connectivity index (χ2n) is 4.08. The van der Waals surface area contributed by atoms with E-state index < -0.39 is 0 Å². The molecule has 0 saturated carbocycles. The molecule has 82 valence electrons. The first-order valence-electron chi connectivity index (χ1n) is 5.53. The van der Waals surface area contributed by atoms with E-state index in [0.29, 0.717) is 5.92 Å². The minimum absolute atomic E-state index is 0.508. The highest BCUT2D eigenvalue weighted by Crippen LogP contribution is 2.29. The monoisotopic (exact) mass is 206 g/mol. The van der Waals surface area contributed by atoms with Crippen LogP contribution in [0.3, 0.4) is 0 Å². The van der Waals surface area contributed by atoms with Crippen LogP contribution >= 0.6 is 0 Å². The van der Waals surface area contributed by atoms with Crippen LogP contribution in [0.1, 0.15) is 30.1 Å². The van der Waals surface area contributed by atoms with Gasteiger partial charge in [-0.1, -0.05) is 0 Å². The molecule has 0 amide bonds. The lowest BCUT2D eigenvalue weighted by Gasteiger charge is -2.23. The van der Waals surface area contributed by atoms with Crippen molar-refractivity contribution in [1.29, 1.82) is 0 Å². The number of aromatic nitrogens is 1. The molecule has 0 aliphatic carbocycles. The zero-order valence-electron chi connectivity index (χ0n) is 9.42. The van der Waals surface area contributed by atoms with E-state index in [4.69, 9.17) is 4.74 Å². The van der Waals surface area contributed by atoms with Crippen LogP contribution in [0.25, 0.3) is 0 Å². The van der Waals surface area contributed by atoms with E-state index in [1.807, 2.05) is 19.1 Å². The van der Waals surface area contributed by atoms with E-state index in [1.165, 1.54) is 12.8 Å². The van der Waals surface area contributed by atoms with Crippen LogP contribution in [0.5, 0.6) is 5.75 Å². The summed E-state index contributed by atoms with van der Waals surface area (Å²) in [5.74, 6) is 1.43. The van der Waals surface area contributed by atoms with Crippen LogP contribution < -0.4 is 10.1 Å². The van der Waals surface area contributed by atoms with Crippen molar-refractivity contribution < 1.29 is 4.74 Å². The number of ether oxygens (including phenoxy) is 1. The third kappa shape index (κ3) is 2.29. The lowest BCUT2D eigenvalue weighted by molar-refractivity contribution is 0.386. The lowest BCUT2D eigenvalue weighted by atomic mass is 9.95. The Labute approximate surface area is 90.9 Å². The van der Waals surface area contributed by atoms with Crippen molar-refractivity contribution in [3.63, 3.8) is 0 Å². The number of hydrogen-bond acceptors (Lipinski definition) is 3. The SMILES string of the molecule is COc1ccc(C)nc1C1CCCNC1. The van der Waals surface area contributed by atoms with Gasteiger partial charge in [0.05, 0.1) is 12.8 Å². The fourth-order valence-electron chi connectivity index (χ4n) is 2.11. The molecule has 1 aromatic heterocycles. The molecule has 2 rings (SSSR count). The number of nitrogens with one attached hydrogen (secondary N) is 1. The van der Waals surface area contributed by atoms with Gasteiger partial charge in [0.2, 0.25) is 0 Å². The molecule has 1 aromatic rings. The Hall–Kier alpha value is -1.09. The van der Waals surface area contributed by atoms with Crippen LogP contribution in [-0.2, 0) is 0 Å². The number of piperidine rings is 1. The number of methoxy groups -OCH3 is 1. The van der Waals surface area contributed by atoms with Gasteiger partial charge in [0.15, 0.2) is 0 Å². The van der Waals surface area contributed by atoms with Gasteiger partial charge < -0.3 is 10.1 Å². The van der Waals surface area contributed by atoms with E-state index in [0.717, 1.165) is 30.2 Å². The molecule has 0 spiro atoms. The number of pyridine rings is 1. The second-order valence-corrected chi connectivity index (χ2v) is 4.08. The molecule has 1 atom stereocenters. The Balaban J connectivity index is 2.27. The van der Waals surface area contributed by atoms with Crippen LogP contribution in [0, 0.1) is 6.92 Å². The van der Waals surface area contributed by atoms with Crippen molar-refractivity contribution in [1.82, 2.24) is 10.3 Å². The minimum atomic E-state index is 0.508. The highest BCUT2D eigenvalue weighted by Gasteiger charge is 2.20. The normalized spacial score (nSPS) is 21.3. The lowest BCUT2D eigenvalue weighted by Crippen LogP contribution is -2.29. The molecule has 2 heterocycles. The molecule has 1 aliphatic heterocycles. The summed E-state index contributed by atoms with van der Waals surface area (Å²) in [4.78, 5) is 4.60. The maximum Gasteiger partial charge on any atom is 0.140 e. The third-order valence-corrected chi connectivity index (χ3v) is 2.93. The molecule has 15 heavy (non-hydrogen) atoms. The van der Waals surface area contributed by atoms with Crippen LogP contribution in [0.2, 0.25) is 0 Å². The van der Waals surface area contributed by atoms with Gasteiger partial charge in [0, 0.05) is 18.2 Å². The largest absolute Gasteiger partial charge is 0.495 e. The van der Waals surface area contributed by atoms with E-state index in [9.17, 15) is 0 Å². The van der Waals surface area contributed by atoms with Gasteiger partial charge >= 0.3 is 0 Å². The summed E-state index contributed by atoms with van der Waals surface area (Å²) in [6.45, 7) is 4.18. The maximum atomic E-state index is 5.36. The Kier molecular flexibility index (Phi) is 3.21. The van der Waals surface area contributed by atoms with E-state index in [2.05, 4.69) is 10.3 Å². The first-order valence-corrected chi connectivity index (χ1v) is 5.53. The summed E-state index contributed by atoms with van der Waals surface area (Å²) in [5.41, 5.74) is 2.18. The molecular weight excluding hydrogens is 188 g/mol. The predicted octanol–water partition coefficient (Wildman–Crippen LogP) is 1.87. The van der Waals surface area contributed by atoms with Crippen LogP contribution in [-0.4, -0.2) is 25.2 Å². The van der Waals surface area contributed by atoms with E-state index >= 15 is 0 Å². The van der Waals surface area contributed by atoms with Gasteiger partial charge in [0.25, 0.3) is 0 Å². The molecule has 1 saturated heterocycles. The first-order chi connectivity index (χ1) is 7.31. The fourth-order valence-corrected chi connectivity index (χ4v) is 2.11. The topological polar surface area (TPSA) is 34.1 Å². The molecule has 3 nitrogen and oxygen atoms in total. The first kappa shape index (κ1) is 10.4. The Morgan fingerprint density at radius 3 is 3.00 bits per heavy atom. The third-order valence-electron chi connectivity index (χ3n) is 2.93. The average Bonchev–Trinajstić information content (AvgIpc) is 2.30. The summed E-state index contributed by atoms with van der Waals surface area (Å²) in [5, 5.41) is 3.41. The average molecular weight is 206 g/mol. The molecule has 1 aliphatic rings. The smallest absolute Gasteiger partial charge is 0.140 e. The molecule has 0 radical (unpaired) electrons. The van der Waals surface area contributed by atoms with Gasteiger partial charge in [-0.15, -0.1) is 0 Å². The standard InChI is InChI=1S/C12H18N2O/c1-9-5-6-11(15-2)12(14-9)10-4-3-7-13-8-10/h5-6,10,13H,3-4,7-8H2,1-2H3. The molecule has 1 N–H and O–H groups in total. The van der Waals surface area contributed by atoms with Crippen molar-refractivity contribution in [2.75, 3.05) is 20.2 Å². The molecule has 0 aromatic carbocycles. The summed E-state index contributed by atoms with van der Waals surface area (Å²) >= 11 is 0. The molecule has 1 unspecified atom stereocenters. The van der Waals surface area contributed by atoms with Gasteiger partial charge in [-0.2, -0.15) is 0 Å². The second kappa shape index (κ2) is 4.62. The van der Waals surface area contributed by atoms with Crippen molar-refractivity contribution in [3.05, 3.63) is 23.5 Å². The molecule has 3 heteroatoms. The van der Waals surface area contributed by atoms with Crippen molar-refractivity contribution in [3.8, 4) is 5.75 Å². The van der Waals surface area contributed by atoms with E-state index in [1.54, 1.807) is 7.11 Å². The highest BCUT2D eigenvalue weighted by atomic mass is 16.5. The van der Waals surface area contributed by atoms with Crippen molar-refractivity contribution in [2.24, 2.45) is 0 Å². The zero-order chi connectivity index (χ0) is 10.7. The van der Waals surface area contributed by atoms with Crippen LogP contribution in [0.4, 0.5) is 0 Å². The number of aryl methyl sites for hydroxylation is 1. The van der Waals surface area contributed by atoms with Crippen LogP contribution in [0.15, 0.2) is 12.1 Å². The quantitative estimate of drug-likeness (QED) is 0.802. The number of nitrogens with zero attached hydrogens (tertiary/aromatic N) is 1. The Morgan fingerprint density at radius 1 is 1.47 bits per heavy atom. The Morgan fingerprint density at radius 2 is 2.33 bits per heavy atom. The molecule has 0 bridgehead atoms. The van der Waals surface area contributed by atoms with Crippen molar-refractivity contribution in [2.45, 2.75) is 25.7 Å².